The number of ketones is 1. The van der Waals surface area contributed by atoms with Gasteiger partial charge in [-0.15, -0.1) is 0 Å². The second kappa shape index (κ2) is 5.41. The van der Waals surface area contributed by atoms with Gasteiger partial charge in [0.15, 0.2) is 5.78 Å². The molecule has 1 aromatic heterocycles. The Bertz CT molecular complexity index is 1060. The van der Waals surface area contributed by atoms with Gasteiger partial charge < -0.3 is 4.98 Å². The lowest BCUT2D eigenvalue weighted by atomic mass is 9.97. The lowest BCUT2D eigenvalue weighted by molar-refractivity contribution is 0.104. The lowest BCUT2D eigenvalue weighted by Gasteiger charge is -2.05. The van der Waals surface area contributed by atoms with E-state index in [0.29, 0.717) is 21.2 Å². The highest BCUT2D eigenvalue weighted by Gasteiger charge is 2.17. The summed E-state index contributed by atoms with van der Waals surface area (Å²) in [5, 5.41) is 3.65. The molecule has 112 valence electrons. The fourth-order valence-corrected chi connectivity index (χ4v) is 3.20. The van der Waals surface area contributed by atoms with Crippen molar-refractivity contribution < 1.29 is 4.79 Å². The summed E-state index contributed by atoms with van der Waals surface area (Å²) in [4.78, 5) is 16.1. The van der Waals surface area contributed by atoms with Gasteiger partial charge in [0, 0.05) is 28.2 Å². The van der Waals surface area contributed by atoms with Gasteiger partial charge in [-0.25, -0.2) is 0 Å². The second-order valence-electron chi connectivity index (χ2n) is 5.37. The molecule has 1 N–H and O–H groups in total. The number of H-pyrrole nitrogens is 1. The topological polar surface area (TPSA) is 32.9 Å². The zero-order valence-electron chi connectivity index (χ0n) is 11.9. The van der Waals surface area contributed by atoms with Crippen LogP contribution in [0.4, 0.5) is 0 Å². The molecule has 0 fully saturated rings. The molecule has 3 aromatic carbocycles. The van der Waals surface area contributed by atoms with Gasteiger partial charge in [0.25, 0.3) is 0 Å². The van der Waals surface area contributed by atoms with Crippen LogP contribution in [-0.4, -0.2) is 10.8 Å². The SMILES string of the molecule is O=C(c1cccc2ccccc12)c1c[nH]c2cc(Cl)c(Cl)cc12. The molecule has 4 aromatic rings. The summed E-state index contributed by atoms with van der Waals surface area (Å²) in [7, 11) is 0. The summed E-state index contributed by atoms with van der Waals surface area (Å²) in [5.41, 5.74) is 2.06. The Balaban J connectivity index is 1.94. The maximum Gasteiger partial charge on any atom is 0.195 e. The van der Waals surface area contributed by atoms with Crippen LogP contribution in [0.5, 0.6) is 0 Å². The Morgan fingerprint density at radius 2 is 1.57 bits per heavy atom. The van der Waals surface area contributed by atoms with Gasteiger partial charge in [-0.2, -0.15) is 0 Å². The largest absolute Gasteiger partial charge is 0.360 e. The summed E-state index contributed by atoms with van der Waals surface area (Å²) in [6.45, 7) is 0. The Morgan fingerprint density at radius 3 is 2.43 bits per heavy atom. The van der Waals surface area contributed by atoms with Crippen LogP contribution in [-0.2, 0) is 0 Å². The zero-order chi connectivity index (χ0) is 16.0. The number of rotatable bonds is 2. The van der Waals surface area contributed by atoms with Gasteiger partial charge in [-0.05, 0) is 22.9 Å². The fraction of sp³-hybridized carbons (Fsp3) is 0. The maximum absolute atomic E-state index is 13.0. The number of carbonyl (C=O) groups excluding carboxylic acids is 1. The molecule has 23 heavy (non-hydrogen) atoms. The summed E-state index contributed by atoms with van der Waals surface area (Å²) in [5.74, 6) is -0.0357. The number of halogens is 2. The Labute approximate surface area is 142 Å². The minimum atomic E-state index is -0.0357. The quantitative estimate of drug-likeness (QED) is 0.456. The van der Waals surface area contributed by atoms with Gasteiger partial charge in [-0.3, -0.25) is 4.79 Å². The van der Waals surface area contributed by atoms with Gasteiger partial charge in [0.2, 0.25) is 0 Å². The molecular formula is C19H11Cl2NO. The molecule has 0 atom stereocenters. The van der Waals surface area contributed by atoms with Crippen LogP contribution < -0.4 is 0 Å². The Morgan fingerprint density at radius 1 is 0.826 bits per heavy atom. The van der Waals surface area contributed by atoms with Crippen molar-refractivity contribution in [3.63, 3.8) is 0 Å². The van der Waals surface area contributed by atoms with Crippen molar-refractivity contribution in [3.05, 3.63) is 82.0 Å². The lowest BCUT2D eigenvalue weighted by Crippen LogP contribution is -2.01. The van der Waals surface area contributed by atoms with Gasteiger partial charge in [-0.1, -0.05) is 65.7 Å². The fourth-order valence-electron chi connectivity index (χ4n) is 2.87. The predicted octanol–water partition coefficient (Wildman–Crippen LogP) is 5.86. The first kappa shape index (κ1) is 14.3. The predicted molar refractivity (Wildman–Crippen MR) is 95.7 cm³/mol. The standard InChI is InChI=1S/C19H11Cl2NO/c20-16-8-14-15(10-22-18(14)9-17(16)21)19(23)13-7-3-5-11-4-1-2-6-12(11)13/h1-10,22H. The minimum Gasteiger partial charge on any atom is -0.360 e. The maximum atomic E-state index is 13.0. The molecule has 0 radical (unpaired) electrons. The smallest absolute Gasteiger partial charge is 0.195 e. The molecule has 0 aliphatic carbocycles. The number of fused-ring (bicyclic) bond motifs is 2. The summed E-state index contributed by atoms with van der Waals surface area (Å²) < 4.78 is 0. The highest BCUT2D eigenvalue weighted by molar-refractivity contribution is 6.43. The van der Waals surface area contributed by atoms with E-state index in [1.165, 1.54) is 0 Å². The van der Waals surface area contributed by atoms with Crippen molar-refractivity contribution in [1.29, 1.82) is 0 Å². The average Bonchev–Trinajstić information content (AvgIpc) is 2.97. The monoisotopic (exact) mass is 339 g/mol. The molecule has 4 rings (SSSR count). The normalized spacial score (nSPS) is 11.2. The first-order chi connectivity index (χ1) is 11.1. The van der Waals surface area contributed by atoms with Crippen molar-refractivity contribution in [1.82, 2.24) is 4.98 Å². The van der Waals surface area contributed by atoms with E-state index in [1.807, 2.05) is 42.5 Å². The molecule has 1 heterocycles. The molecule has 0 saturated carbocycles. The van der Waals surface area contributed by atoms with Crippen LogP contribution in [0.15, 0.2) is 60.8 Å². The molecule has 2 nitrogen and oxygen atoms in total. The zero-order valence-corrected chi connectivity index (χ0v) is 13.4. The summed E-state index contributed by atoms with van der Waals surface area (Å²) >= 11 is 12.1. The first-order valence-corrected chi connectivity index (χ1v) is 7.89. The number of aromatic nitrogens is 1. The van der Waals surface area contributed by atoms with Crippen LogP contribution in [0, 0.1) is 0 Å². The van der Waals surface area contributed by atoms with Gasteiger partial charge in [0.1, 0.15) is 0 Å². The Kier molecular flexibility index (Phi) is 3.37. The first-order valence-electron chi connectivity index (χ1n) is 7.14. The second-order valence-corrected chi connectivity index (χ2v) is 6.18. The van der Waals surface area contributed by atoms with Crippen molar-refractivity contribution >= 4 is 50.7 Å². The molecule has 0 unspecified atom stereocenters. The number of aromatic amines is 1. The van der Waals surface area contributed by atoms with E-state index in [4.69, 9.17) is 23.2 Å². The summed E-state index contributed by atoms with van der Waals surface area (Å²) in [6.07, 6.45) is 1.71. The van der Waals surface area contributed by atoms with E-state index in [0.717, 1.165) is 21.7 Å². The van der Waals surface area contributed by atoms with E-state index < -0.39 is 0 Å². The summed E-state index contributed by atoms with van der Waals surface area (Å²) in [6, 6.07) is 17.1. The number of benzene rings is 3. The van der Waals surface area contributed by atoms with Gasteiger partial charge in [0.05, 0.1) is 10.0 Å². The van der Waals surface area contributed by atoms with E-state index in [1.54, 1.807) is 18.3 Å². The molecule has 0 bridgehead atoms. The number of hydrogen-bond acceptors (Lipinski definition) is 1. The van der Waals surface area contributed by atoms with Gasteiger partial charge >= 0.3 is 0 Å². The van der Waals surface area contributed by atoms with Crippen LogP contribution in [0.25, 0.3) is 21.7 Å². The van der Waals surface area contributed by atoms with Crippen LogP contribution in [0.2, 0.25) is 10.0 Å². The Hall–Kier alpha value is -2.29. The molecule has 0 aliphatic heterocycles. The van der Waals surface area contributed by atoms with Crippen molar-refractivity contribution in [2.45, 2.75) is 0 Å². The minimum absolute atomic E-state index is 0.0357. The number of nitrogens with one attached hydrogen (secondary N) is 1. The molecule has 0 spiro atoms. The molecular weight excluding hydrogens is 329 g/mol. The highest BCUT2D eigenvalue weighted by atomic mass is 35.5. The molecule has 0 aliphatic rings. The average molecular weight is 340 g/mol. The van der Waals surface area contributed by atoms with Crippen molar-refractivity contribution in [3.8, 4) is 0 Å². The third kappa shape index (κ3) is 2.31. The molecule has 0 amide bonds. The van der Waals surface area contributed by atoms with Crippen LogP contribution >= 0.6 is 23.2 Å². The highest BCUT2D eigenvalue weighted by Crippen LogP contribution is 2.31. The third-order valence-corrected chi connectivity index (χ3v) is 4.72. The van der Waals surface area contributed by atoms with Crippen molar-refractivity contribution in [2.75, 3.05) is 0 Å². The third-order valence-electron chi connectivity index (χ3n) is 4.00. The molecule has 4 heteroatoms. The number of carbonyl (C=O) groups is 1. The number of hydrogen-bond donors (Lipinski definition) is 1. The van der Waals surface area contributed by atoms with Crippen molar-refractivity contribution in [2.24, 2.45) is 0 Å². The van der Waals surface area contributed by atoms with E-state index in [9.17, 15) is 4.79 Å². The van der Waals surface area contributed by atoms with E-state index in [2.05, 4.69) is 4.98 Å². The van der Waals surface area contributed by atoms with E-state index >= 15 is 0 Å². The van der Waals surface area contributed by atoms with Crippen LogP contribution in [0.3, 0.4) is 0 Å². The molecule has 0 saturated heterocycles. The van der Waals surface area contributed by atoms with Crippen LogP contribution in [0.1, 0.15) is 15.9 Å². The van der Waals surface area contributed by atoms with E-state index in [-0.39, 0.29) is 5.78 Å².